The maximum Gasteiger partial charge on any atom is 0.0587 e. The number of hydrogen-bond acceptors (Lipinski definition) is 3. The fourth-order valence-electron chi connectivity index (χ4n) is 2.53. The van der Waals surface area contributed by atoms with Gasteiger partial charge in [0.25, 0.3) is 0 Å². The quantitative estimate of drug-likeness (QED) is 0.605. The molecular formula is C15H23NOS. The number of nitrogens with one attached hydrogen (secondary N) is 1. The molecule has 100 valence electrons. The third kappa shape index (κ3) is 3.08. The van der Waals surface area contributed by atoms with Gasteiger partial charge in [-0.25, -0.2) is 0 Å². The van der Waals surface area contributed by atoms with E-state index in [0.717, 1.165) is 25.6 Å². The summed E-state index contributed by atoms with van der Waals surface area (Å²) in [6.07, 6.45) is 3.42. The molecule has 0 bridgehead atoms. The first-order valence-corrected chi connectivity index (χ1v) is 7.77. The van der Waals surface area contributed by atoms with Gasteiger partial charge in [-0.15, -0.1) is 11.8 Å². The monoisotopic (exact) mass is 265 g/mol. The molecule has 0 saturated heterocycles. The number of methoxy groups -OCH3 is 1. The Bertz CT molecular complexity index is 379. The second-order valence-electron chi connectivity index (χ2n) is 5.24. The lowest BCUT2D eigenvalue weighted by Crippen LogP contribution is -2.23. The van der Waals surface area contributed by atoms with E-state index in [1.54, 1.807) is 18.9 Å². The van der Waals surface area contributed by atoms with Gasteiger partial charge in [0.1, 0.15) is 0 Å². The zero-order valence-corrected chi connectivity index (χ0v) is 12.3. The van der Waals surface area contributed by atoms with Crippen LogP contribution in [0, 0.1) is 5.92 Å². The van der Waals surface area contributed by atoms with E-state index in [1.165, 1.54) is 16.9 Å². The third-order valence-electron chi connectivity index (χ3n) is 4.03. The summed E-state index contributed by atoms with van der Waals surface area (Å²) in [5.41, 5.74) is 1.87. The van der Waals surface area contributed by atoms with Crippen molar-refractivity contribution in [2.75, 3.05) is 33.1 Å². The van der Waals surface area contributed by atoms with Crippen LogP contribution in [-0.2, 0) is 10.2 Å². The molecule has 1 aromatic rings. The first-order valence-electron chi connectivity index (χ1n) is 6.55. The van der Waals surface area contributed by atoms with Crippen LogP contribution in [0.2, 0.25) is 0 Å². The van der Waals surface area contributed by atoms with Crippen LogP contribution < -0.4 is 5.32 Å². The average molecular weight is 265 g/mol. The lowest BCUT2D eigenvalue weighted by molar-refractivity contribution is 0.199. The Morgan fingerprint density at radius 3 is 2.72 bits per heavy atom. The van der Waals surface area contributed by atoms with Crippen molar-refractivity contribution in [1.29, 1.82) is 0 Å². The molecule has 1 aliphatic rings. The van der Waals surface area contributed by atoms with E-state index >= 15 is 0 Å². The average Bonchev–Trinajstić information content (AvgIpc) is 3.07. The molecule has 18 heavy (non-hydrogen) atoms. The summed E-state index contributed by atoms with van der Waals surface area (Å²) in [6, 6.07) is 9.06. The van der Waals surface area contributed by atoms with E-state index in [2.05, 4.69) is 42.8 Å². The van der Waals surface area contributed by atoms with Gasteiger partial charge in [0, 0.05) is 18.6 Å². The van der Waals surface area contributed by atoms with Crippen LogP contribution in [0.3, 0.4) is 0 Å². The topological polar surface area (TPSA) is 21.3 Å². The van der Waals surface area contributed by atoms with Gasteiger partial charge in [0.2, 0.25) is 0 Å². The van der Waals surface area contributed by atoms with Crippen molar-refractivity contribution in [3.8, 4) is 0 Å². The largest absolute Gasteiger partial charge is 0.383 e. The minimum Gasteiger partial charge on any atom is -0.383 e. The molecule has 2 rings (SSSR count). The fraction of sp³-hybridized carbons (Fsp3) is 0.600. The van der Waals surface area contributed by atoms with Gasteiger partial charge in [-0.05, 0) is 48.3 Å². The molecule has 1 N–H and O–H groups in total. The fourth-order valence-corrected chi connectivity index (χ4v) is 2.93. The van der Waals surface area contributed by atoms with Crippen LogP contribution in [0.4, 0.5) is 0 Å². The second-order valence-corrected chi connectivity index (χ2v) is 6.12. The second kappa shape index (κ2) is 6.09. The van der Waals surface area contributed by atoms with Crippen molar-refractivity contribution in [1.82, 2.24) is 5.32 Å². The highest BCUT2D eigenvalue weighted by atomic mass is 32.2. The van der Waals surface area contributed by atoms with Gasteiger partial charge in [-0.3, -0.25) is 0 Å². The van der Waals surface area contributed by atoms with E-state index in [-0.39, 0.29) is 0 Å². The summed E-state index contributed by atoms with van der Waals surface area (Å²) in [6.45, 7) is 5.23. The van der Waals surface area contributed by atoms with E-state index in [1.807, 2.05) is 0 Å². The summed E-state index contributed by atoms with van der Waals surface area (Å²) >= 11 is 1.80. The molecule has 0 radical (unpaired) electrons. The highest BCUT2D eigenvalue weighted by Gasteiger charge is 2.50. The Hall–Kier alpha value is -0.510. The summed E-state index contributed by atoms with van der Waals surface area (Å²) in [7, 11) is 1.75. The van der Waals surface area contributed by atoms with Crippen LogP contribution in [-0.4, -0.2) is 33.1 Å². The Balaban J connectivity index is 1.85. The van der Waals surface area contributed by atoms with Gasteiger partial charge >= 0.3 is 0 Å². The van der Waals surface area contributed by atoms with Crippen LogP contribution in [0.15, 0.2) is 29.2 Å². The third-order valence-corrected chi connectivity index (χ3v) is 4.78. The predicted molar refractivity (Wildman–Crippen MR) is 78.4 cm³/mol. The smallest absolute Gasteiger partial charge is 0.0587 e. The van der Waals surface area contributed by atoms with Crippen molar-refractivity contribution in [3.05, 3.63) is 29.8 Å². The number of thioether (sulfide) groups is 1. The standard InChI is InChI=1S/C15H23NOS/c1-15(10-13(15)11-16-8-9-17-2)12-4-6-14(18-3)7-5-12/h4-7,13,16H,8-11H2,1-3H3. The lowest BCUT2D eigenvalue weighted by Gasteiger charge is -2.13. The molecule has 0 spiro atoms. The molecule has 0 aromatic heterocycles. The minimum absolute atomic E-state index is 0.386. The summed E-state index contributed by atoms with van der Waals surface area (Å²) in [5, 5.41) is 3.47. The van der Waals surface area contributed by atoms with Crippen molar-refractivity contribution in [3.63, 3.8) is 0 Å². The van der Waals surface area contributed by atoms with E-state index in [4.69, 9.17) is 4.74 Å². The molecule has 1 aliphatic carbocycles. The predicted octanol–water partition coefficient (Wildman–Crippen LogP) is 2.92. The zero-order chi connectivity index (χ0) is 13.0. The van der Waals surface area contributed by atoms with Crippen LogP contribution in [0.5, 0.6) is 0 Å². The molecule has 1 aromatic carbocycles. The van der Waals surface area contributed by atoms with Crippen molar-refractivity contribution in [2.24, 2.45) is 5.92 Å². The molecule has 0 amide bonds. The molecule has 1 fully saturated rings. The summed E-state index contributed by atoms with van der Waals surface area (Å²) in [4.78, 5) is 1.35. The molecule has 0 aliphatic heterocycles. The molecule has 2 atom stereocenters. The maximum absolute atomic E-state index is 5.04. The molecule has 2 unspecified atom stereocenters. The normalized spacial score (nSPS) is 26.3. The Kier molecular flexibility index (Phi) is 4.71. The van der Waals surface area contributed by atoms with Crippen LogP contribution in [0.25, 0.3) is 0 Å². The van der Waals surface area contributed by atoms with Gasteiger partial charge < -0.3 is 10.1 Å². The van der Waals surface area contributed by atoms with Crippen molar-refractivity contribution in [2.45, 2.75) is 23.7 Å². The summed E-state index contributed by atoms with van der Waals surface area (Å²) in [5.74, 6) is 0.773. The first-order chi connectivity index (χ1) is 8.70. The Labute approximate surface area is 114 Å². The summed E-state index contributed by atoms with van der Waals surface area (Å²) < 4.78 is 5.04. The number of rotatable bonds is 7. The maximum atomic E-state index is 5.04. The Morgan fingerprint density at radius 2 is 2.11 bits per heavy atom. The van der Waals surface area contributed by atoms with E-state index < -0.39 is 0 Å². The van der Waals surface area contributed by atoms with Gasteiger partial charge in [0.15, 0.2) is 0 Å². The molecular weight excluding hydrogens is 242 g/mol. The highest BCUT2D eigenvalue weighted by molar-refractivity contribution is 7.98. The van der Waals surface area contributed by atoms with E-state index in [9.17, 15) is 0 Å². The van der Waals surface area contributed by atoms with Crippen molar-refractivity contribution < 1.29 is 4.74 Å². The number of hydrogen-bond donors (Lipinski definition) is 1. The highest BCUT2D eigenvalue weighted by Crippen LogP contribution is 2.53. The van der Waals surface area contributed by atoms with Gasteiger partial charge in [0.05, 0.1) is 6.61 Å². The number of benzene rings is 1. The zero-order valence-electron chi connectivity index (χ0n) is 11.5. The minimum atomic E-state index is 0.386. The molecule has 1 saturated carbocycles. The van der Waals surface area contributed by atoms with E-state index in [0.29, 0.717) is 5.41 Å². The molecule has 0 heterocycles. The van der Waals surface area contributed by atoms with Crippen molar-refractivity contribution >= 4 is 11.8 Å². The molecule has 2 nitrogen and oxygen atoms in total. The molecule has 3 heteroatoms. The lowest BCUT2D eigenvalue weighted by atomic mass is 9.95. The Morgan fingerprint density at radius 1 is 1.39 bits per heavy atom. The van der Waals surface area contributed by atoms with Gasteiger partial charge in [-0.2, -0.15) is 0 Å². The first kappa shape index (κ1) is 13.9. The van der Waals surface area contributed by atoms with Crippen LogP contribution >= 0.6 is 11.8 Å². The van der Waals surface area contributed by atoms with Gasteiger partial charge in [-0.1, -0.05) is 19.1 Å². The van der Waals surface area contributed by atoms with Crippen LogP contribution in [0.1, 0.15) is 18.9 Å². The number of ether oxygens (including phenoxy) is 1. The SMILES string of the molecule is COCCNCC1CC1(C)c1ccc(SC)cc1.